The molecule has 4 atom stereocenters. The summed E-state index contributed by atoms with van der Waals surface area (Å²) in [5.74, 6) is 0.662. The van der Waals surface area contributed by atoms with Gasteiger partial charge in [-0.15, -0.1) is 11.3 Å². The Labute approximate surface area is 124 Å². The maximum Gasteiger partial charge on any atom is 0.241 e. The number of carbonyl (C=O) groups excluding carboxylic acids is 1. The van der Waals surface area contributed by atoms with Crippen molar-refractivity contribution in [3.63, 3.8) is 0 Å². The van der Waals surface area contributed by atoms with Gasteiger partial charge >= 0.3 is 0 Å². The summed E-state index contributed by atoms with van der Waals surface area (Å²) in [4.78, 5) is 16.9. The number of hydrogen-bond acceptors (Lipinski definition) is 4. The van der Waals surface area contributed by atoms with E-state index in [4.69, 9.17) is 4.74 Å². The Kier molecular flexibility index (Phi) is 3.84. The van der Waals surface area contributed by atoms with Gasteiger partial charge in [0.15, 0.2) is 0 Å². The van der Waals surface area contributed by atoms with Crippen molar-refractivity contribution in [1.82, 2.24) is 10.2 Å². The first-order valence-electron chi connectivity index (χ1n) is 7.30. The normalized spacial score (nSPS) is 34.1. The second-order valence-electron chi connectivity index (χ2n) is 5.85. The second-order valence-corrected chi connectivity index (χ2v) is 7.17. The first kappa shape index (κ1) is 14.0. The molecule has 0 aliphatic carbocycles. The van der Waals surface area contributed by atoms with Gasteiger partial charge in [0.25, 0.3) is 0 Å². The van der Waals surface area contributed by atoms with Crippen LogP contribution < -0.4 is 5.32 Å². The average molecular weight is 294 g/mol. The molecule has 0 aromatic carbocycles. The van der Waals surface area contributed by atoms with E-state index in [9.17, 15) is 4.79 Å². The maximum atomic E-state index is 12.4. The molecule has 0 bridgehead atoms. The fraction of sp³-hybridized carbons (Fsp3) is 0.667. The minimum atomic E-state index is -0.0972. The molecule has 2 aliphatic heterocycles. The topological polar surface area (TPSA) is 41.6 Å². The van der Waals surface area contributed by atoms with Crippen LogP contribution in [-0.2, 0) is 9.53 Å². The van der Waals surface area contributed by atoms with E-state index in [0.717, 1.165) is 19.6 Å². The summed E-state index contributed by atoms with van der Waals surface area (Å²) in [7, 11) is 0. The smallest absolute Gasteiger partial charge is 0.241 e. The highest BCUT2D eigenvalue weighted by molar-refractivity contribution is 7.12. The molecule has 2 fully saturated rings. The summed E-state index contributed by atoms with van der Waals surface area (Å²) in [5, 5.41) is 3.42. The van der Waals surface area contributed by atoms with Crippen molar-refractivity contribution in [3.05, 3.63) is 21.9 Å². The Morgan fingerprint density at radius 2 is 2.25 bits per heavy atom. The predicted molar refractivity (Wildman–Crippen MR) is 79.6 cm³/mol. The second kappa shape index (κ2) is 5.47. The number of nitrogens with one attached hydrogen (secondary N) is 1. The number of amides is 1. The Morgan fingerprint density at radius 3 is 2.85 bits per heavy atom. The van der Waals surface area contributed by atoms with Crippen LogP contribution in [0.1, 0.15) is 36.2 Å². The molecule has 0 radical (unpaired) electrons. The summed E-state index contributed by atoms with van der Waals surface area (Å²) >= 11 is 1.76. The van der Waals surface area contributed by atoms with Crippen LogP contribution >= 0.6 is 11.3 Å². The van der Waals surface area contributed by atoms with Crippen LogP contribution in [0, 0.1) is 12.8 Å². The summed E-state index contributed by atoms with van der Waals surface area (Å²) in [5.41, 5.74) is 0. The van der Waals surface area contributed by atoms with Gasteiger partial charge in [-0.05, 0) is 39.3 Å². The zero-order valence-corrected chi connectivity index (χ0v) is 13.1. The van der Waals surface area contributed by atoms with Crippen LogP contribution in [-0.4, -0.2) is 36.1 Å². The summed E-state index contributed by atoms with van der Waals surface area (Å²) in [6.45, 7) is 7.77. The van der Waals surface area contributed by atoms with E-state index >= 15 is 0 Å². The van der Waals surface area contributed by atoms with Crippen LogP contribution in [0.5, 0.6) is 0 Å². The fourth-order valence-corrected chi connectivity index (χ4v) is 4.02. The molecule has 3 heterocycles. The van der Waals surface area contributed by atoms with Gasteiger partial charge in [-0.2, -0.15) is 0 Å². The van der Waals surface area contributed by atoms with Crippen LogP contribution in [0.2, 0.25) is 0 Å². The molecule has 4 unspecified atom stereocenters. The molecule has 4 nitrogen and oxygen atoms in total. The summed E-state index contributed by atoms with van der Waals surface area (Å²) in [6, 6.07) is 4.15. The van der Waals surface area contributed by atoms with Crippen molar-refractivity contribution in [3.8, 4) is 0 Å². The van der Waals surface area contributed by atoms with Gasteiger partial charge in [-0.1, -0.05) is 0 Å². The number of rotatable bonds is 3. The third kappa shape index (κ3) is 2.50. The minimum absolute atomic E-state index is 0.0315. The third-order valence-electron chi connectivity index (χ3n) is 4.37. The monoisotopic (exact) mass is 294 g/mol. The van der Waals surface area contributed by atoms with Crippen molar-refractivity contribution < 1.29 is 9.53 Å². The highest BCUT2D eigenvalue weighted by Gasteiger charge is 2.40. The van der Waals surface area contributed by atoms with E-state index in [1.54, 1.807) is 11.3 Å². The Morgan fingerprint density at radius 1 is 1.45 bits per heavy atom. The van der Waals surface area contributed by atoms with Gasteiger partial charge in [-0.25, -0.2) is 0 Å². The quantitative estimate of drug-likeness (QED) is 0.930. The van der Waals surface area contributed by atoms with Crippen molar-refractivity contribution in [2.75, 3.05) is 13.2 Å². The Balaban J connectivity index is 1.79. The molecule has 0 saturated carbocycles. The van der Waals surface area contributed by atoms with E-state index in [1.165, 1.54) is 9.75 Å². The molecule has 1 aromatic rings. The molecule has 1 amide bonds. The average Bonchev–Trinajstić information content (AvgIpc) is 3.07. The molecular weight excluding hydrogens is 272 g/mol. The molecular formula is C15H22N2O2S. The lowest BCUT2D eigenvalue weighted by Crippen LogP contribution is -2.36. The summed E-state index contributed by atoms with van der Waals surface area (Å²) in [6.07, 6.45) is 1.34. The minimum Gasteiger partial charge on any atom is -0.378 e. The molecule has 3 rings (SSSR count). The van der Waals surface area contributed by atoms with E-state index < -0.39 is 0 Å². The first-order chi connectivity index (χ1) is 9.56. The molecule has 20 heavy (non-hydrogen) atoms. The molecule has 1 N–H and O–H groups in total. The number of ether oxygens (including phenoxy) is 1. The largest absolute Gasteiger partial charge is 0.378 e. The SMILES string of the molecule is Cc1ccc(C2NC(C)C(=O)N2CC2CCOC2C)s1. The van der Waals surface area contributed by atoms with E-state index in [1.807, 2.05) is 11.8 Å². The summed E-state index contributed by atoms with van der Waals surface area (Å²) < 4.78 is 5.63. The predicted octanol–water partition coefficient (Wildman–Crippen LogP) is 2.30. The van der Waals surface area contributed by atoms with Gasteiger partial charge < -0.3 is 9.64 Å². The highest BCUT2D eigenvalue weighted by Crippen LogP contribution is 2.33. The lowest BCUT2D eigenvalue weighted by molar-refractivity contribution is -0.130. The molecule has 0 spiro atoms. The van der Waals surface area contributed by atoms with Gasteiger partial charge in [0.05, 0.1) is 12.1 Å². The van der Waals surface area contributed by atoms with Gasteiger partial charge in [0, 0.05) is 28.8 Å². The van der Waals surface area contributed by atoms with Crippen molar-refractivity contribution in [2.45, 2.75) is 45.5 Å². The van der Waals surface area contributed by atoms with Crippen molar-refractivity contribution in [2.24, 2.45) is 5.92 Å². The lowest BCUT2D eigenvalue weighted by atomic mass is 10.0. The number of thiophene rings is 1. The number of nitrogens with zero attached hydrogens (tertiary/aromatic N) is 1. The zero-order chi connectivity index (χ0) is 14.3. The maximum absolute atomic E-state index is 12.4. The van der Waals surface area contributed by atoms with E-state index in [0.29, 0.717) is 5.92 Å². The number of aryl methyl sites for hydroxylation is 1. The molecule has 5 heteroatoms. The molecule has 1 aromatic heterocycles. The third-order valence-corrected chi connectivity index (χ3v) is 5.42. The van der Waals surface area contributed by atoms with Crippen molar-refractivity contribution in [1.29, 1.82) is 0 Å². The fourth-order valence-electron chi connectivity index (χ4n) is 3.07. The van der Waals surface area contributed by atoms with E-state index in [2.05, 4.69) is 31.3 Å². The van der Waals surface area contributed by atoms with Gasteiger partial charge in [0.2, 0.25) is 5.91 Å². The first-order valence-corrected chi connectivity index (χ1v) is 8.12. The number of carbonyl (C=O) groups is 1. The van der Waals surface area contributed by atoms with Gasteiger partial charge in [0.1, 0.15) is 6.17 Å². The van der Waals surface area contributed by atoms with Crippen molar-refractivity contribution >= 4 is 17.2 Å². The standard InChI is InChI=1S/C15H22N2O2S/c1-9-4-5-13(20-9)14-16-10(2)15(18)17(14)8-12-6-7-19-11(12)3/h4-5,10-12,14,16H,6-8H2,1-3H3. The van der Waals surface area contributed by atoms with Crippen LogP contribution in [0.25, 0.3) is 0 Å². The van der Waals surface area contributed by atoms with Crippen LogP contribution in [0.4, 0.5) is 0 Å². The molecule has 110 valence electrons. The zero-order valence-electron chi connectivity index (χ0n) is 12.3. The Hall–Kier alpha value is -0.910. The molecule has 2 aliphatic rings. The van der Waals surface area contributed by atoms with Crippen LogP contribution in [0.15, 0.2) is 12.1 Å². The van der Waals surface area contributed by atoms with Gasteiger partial charge in [-0.3, -0.25) is 10.1 Å². The molecule has 2 saturated heterocycles. The Bertz CT molecular complexity index is 502. The highest BCUT2D eigenvalue weighted by atomic mass is 32.1. The van der Waals surface area contributed by atoms with E-state index in [-0.39, 0.29) is 24.2 Å². The van der Waals surface area contributed by atoms with Crippen LogP contribution in [0.3, 0.4) is 0 Å². The lowest BCUT2D eigenvalue weighted by Gasteiger charge is -2.27. The number of hydrogen-bond donors (Lipinski definition) is 1.